The zero-order valence-corrected chi connectivity index (χ0v) is 11.5. The molecule has 1 fully saturated rings. The maximum Gasteiger partial charge on any atom is 0.0473 e. The maximum absolute atomic E-state index is 3.50. The third-order valence-electron chi connectivity index (χ3n) is 3.64. The Hall–Kier alpha value is -0.860. The van der Waals surface area contributed by atoms with E-state index in [0.29, 0.717) is 6.04 Å². The van der Waals surface area contributed by atoms with Gasteiger partial charge in [0.25, 0.3) is 0 Å². The molecular weight excluding hydrogens is 208 g/mol. The third-order valence-corrected chi connectivity index (χ3v) is 3.64. The fraction of sp³-hybridized carbons (Fsp3) is 0.600. The Kier molecular flexibility index (Phi) is 3.55. The van der Waals surface area contributed by atoms with Gasteiger partial charge in [-0.2, -0.15) is 0 Å². The SMILES string of the molecule is CN1CCNCC1c1ccccc1C(C)(C)C. The first kappa shape index (κ1) is 12.6. The van der Waals surface area contributed by atoms with Crippen LogP contribution in [0.3, 0.4) is 0 Å². The van der Waals surface area contributed by atoms with Crippen LogP contribution >= 0.6 is 0 Å². The Balaban J connectivity index is 2.37. The molecule has 1 N–H and O–H groups in total. The highest BCUT2D eigenvalue weighted by Gasteiger charge is 2.26. The second-order valence-corrected chi connectivity index (χ2v) is 6.04. The van der Waals surface area contributed by atoms with Crippen molar-refractivity contribution < 1.29 is 0 Å². The molecule has 0 aromatic heterocycles. The van der Waals surface area contributed by atoms with Crippen LogP contribution < -0.4 is 5.32 Å². The molecule has 17 heavy (non-hydrogen) atoms. The summed E-state index contributed by atoms with van der Waals surface area (Å²) >= 11 is 0. The summed E-state index contributed by atoms with van der Waals surface area (Å²) < 4.78 is 0. The summed E-state index contributed by atoms with van der Waals surface area (Å²) in [4.78, 5) is 2.46. The lowest BCUT2D eigenvalue weighted by molar-refractivity contribution is 0.200. The van der Waals surface area contributed by atoms with E-state index < -0.39 is 0 Å². The van der Waals surface area contributed by atoms with E-state index >= 15 is 0 Å². The highest BCUT2D eigenvalue weighted by atomic mass is 15.2. The minimum Gasteiger partial charge on any atom is -0.314 e. The molecule has 1 aromatic rings. The van der Waals surface area contributed by atoms with Crippen LogP contribution in [0.25, 0.3) is 0 Å². The lowest BCUT2D eigenvalue weighted by atomic mass is 9.81. The lowest BCUT2D eigenvalue weighted by Crippen LogP contribution is -2.44. The number of nitrogens with one attached hydrogen (secondary N) is 1. The summed E-state index contributed by atoms with van der Waals surface area (Å²) in [6, 6.07) is 9.39. The Morgan fingerprint density at radius 1 is 1.24 bits per heavy atom. The van der Waals surface area contributed by atoms with Crippen LogP contribution in [0.4, 0.5) is 0 Å². The van der Waals surface area contributed by atoms with Crippen LogP contribution in [0, 0.1) is 0 Å². The monoisotopic (exact) mass is 232 g/mol. The predicted molar refractivity (Wildman–Crippen MR) is 73.4 cm³/mol. The van der Waals surface area contributed by atoms with Crippen LogP contribution in [-0.4, -0.2) is 31.6 Å². The lowest BCUT2D eigenvalue weighted by Gasteiger charge is -2.36. The number of benzene rings is 1. The van der Waals surface area contributed by atoms with Gasteiger partial charge in [-0.15, -0.1) is 0 Å². The van der Waals surface area contributed by atoms with E-state index in [1.807, 2.05) is 0 Å². The van der Waals surface area contributed by atoms with Gasteiger partial charge in [-0.25, -0.2) is 0 Å². The molecule has 1 atom stereocenters. The molecule has 0 saturated carbocycles. The van der Waals surface area contributed by atoms with E-state index in [-0.39, 0.29) is 5.41 Å². The average molecular weight is 232 g/mol. The molecule has 0 spiro atoms. The molecule has 0 aliphatic carbocycles. The van der Waals surface area contributed by atoms with Crippen molar-refractivity contribution in [1.82, 2.24) is 10.2 Å². The van der Waals surface area contributed by atoms with Crippen molar-refractivity contribution in [1.29, 1.82) is 0 Å². The molecule has 1 heterocycles. The van der Waals surface area contributed by atoms with Crippen LogP contribution in [0.5, 0.6) is 0 Å². The molecule has 2 rings (SSSR count). The largest absolute Gasteiger partial charge is 0.314 e. The molecule has 0 radical (unpaired) electrons. The summed E-state index contributed by atoms with van der Waals surface area (Å²) in [5, 5.41) is 3.50. The first-order valence-electron chi connectivity index (χ1n) is 6.50. The first-order chi connectivity index (χ1) is 8.00. The van der Waals surface area contributed by atoms with Gasteiger partial charge in [-0.3, -0.25) is 4.90 Å². The molecule has 94 valence electrons. The highest BCUT2D eigenvalue weighted by Crippen LogP contribution is 2.32. The van der Waals surface area contributed by atoms with E-state index in [2.05, 4.69) is 62.3 Å². The van der Waals surface area contributed by atoms with Crippen molar-refractivity contribution in [2.45, 2.75) is 32.2 Å². The van der Waals surface area contributed by atoms with Gasteiger partial charge in [0.05, 0.1) is 0 Å². The summed E-state index contributed by atoms with van der Waals surface area (Å²) in [5.74, 6) is 0. The van der Waals surface area contributed by atoms with E-state index in [1.165, 1.54) is 11.1 Å². The fourth-order valence-corrected chi connectivity index (χ4v) is 2.62. The van der Waals surface area contributed by atoms with Gasteiger partial charge in [0.2, 0.25) is 0 Å². The second-order valence-electron chi connectivity index (χ2n) is 6.04. The normalized spacial score (nSPS) is 22.7. The molecule has 1 aromatic carbocycles. The van der Waals surface area contributed by atoms with E-state index in [0.717, 1.165) is 19.6 Å². The van der Waals surface area contributed by atoms with Gasteiger partial charge < -0.3 is 5.32 Å². The van der Waals surface area contributed by atoms with Crippen molar-refractivity contribution in [3.63, 3.8) is 0 Å². The number of hydrogen-bond acceptors (Lipinski definition) is 2. The zero-order chi connectivity index (χ0) is 12.5. The summed E-state index contributed by atoms with van der Waals surface area (Å²) in [5.41, 5.74) is 3.17. The van der Waals surface area contributed by atoms with Gasteiger partial charge in [0.1, 0.15) is 0 Å². The average Bonchev–Trinajstić information content (AvgIpc) is 2.28. The Morgan fingerprint density at radius 2 is 1.94 bits per heavy atom. The van der Waals surface area contributed by atoms with Gasteiger partial charge >= 0.3 is 0 Å². The fourth-order valence-electron chi connectivity index (χ4n) is 2.62. The molecule has 0 bridgehead atoms. The third kappa shape index (κ3) is 2.70. The van der Waals surface area contributed by atoms with Crippen LogP contribution in [0.2, 0.25) is 0 Å². The van der Waals surface area contributed by atoms with E-state index in [4.69, 9.17) is 0 Å². The van der Waals surface area contributed by atoms with Crippen molar-refractivity contribution in [2.24, 2.45) is 0 Å². The maximum atomic E-state index is 3.50. The van der Waals surface area contributed by atoms with Crippen LogP contribution in [0.1, 0.15) is 37.9 Å². The quantitative estimate of drug-likeness (QED) is 0.800. The van der Waals surface area contributed by atoms with E-state index in [9.17, 15) is 0 Å². The summed E-state index contributed by atoms with van der Waals surface area (Å²) in [7, 11) is 2.23. The Morgan fingerprint density at radius 3 is 2.59 bits per heavy atom. The molecule has 1 aliphatic heterocycles. The number of piperazine rings is 1. The van der Waals surface area contributed by atoms with Gasteiger partial charge in [-0.05, 0) is 23.6 Å². The molecule has 2 nitrogen and oxygen atoms in total. The zero-order valence-electron chi connectivity index (χ0n) is 11.5. The molecule has 1 unspecified atom stereocenters. The predicted octanol–water partition coefficient (Wildman–Crippen LogP) is 2.56. The first-order valence-corrected chi connectivity index (χ1v) is 6.50. The molecular formula is C15H24N2. The molecule has 1 aliphatic rings. The van der Waals surface area contributed by atoms with Crippen molar-refractivity contribution in [3.05, 3.63) is 35.4 Å². The van der Waals surface area contributed by atoms with Crippen LogP contribution in [-0.2, 0) is 5.41 Å². The van der Waals surface area contributed by atoms with Crippen molar-refractivity contribution in [2.75, 3.05) is 26.7 Å². The topological polar surface area (TPSA) is 15.3 Å². The smallest absolute Gasteiger partial charge is 0.0473 e. The van der Waals surface area contributed by atoms with Gasteiger partial charge in [0.15, 0.2) is 0 Å². The van der Waals surface area contributed by atoms with Crippen molar-refractivity contribution in [3.8, 4) is 0 Å². The highest BCUT2D eigenvalue weighted by molar-refractivity contribution is 5.35. The number of likely N-dealkylation sites (N-methyl/N-ethyl adjacent to an activating group) is 1. The Bertz CT molecular complexity index is 379. The number of hydrogen-bond donors (Lipinski definition) is 1. The van der Waals surface area contributed by atoms with Crippen LogP contribution in [0.15, 0.2) is 24.3 Å². The Labute approximate surface area is 105 Å². The molecule has 1 saturated heterocycles. The van der Waals surface area contributed by atoms with Crippen molar-refractivity contribution >= 4 is 0 Å². The standard InChI is InChI=1S/C15H24N2/c1-15(2,3)13-8-6-5-7-12(13)14-11-16-9-10-17(14)4/h5-8,14,16H,9-11H2,1-4H3. The molecule has 0 amide bonds. The van der Waals surface area contributed by atoms with E-state index in [1.54, 1.807) is 0 Å². The van der Waals surface area contributed by atoms with Gasteiger partial charge in [0, 0.05) is 25.7 Å². The number of nitrogens with zero attached hydrogens (tertiary/aromatic N) is 1. The molecule has 2 heteroatoms. The second kappa shape index (κ2) is 4.79. The summed E-state index contributed by atoms with van der Waals surface area (Å²) in [6.45, 7) is 10.2. The van der Waals surface area contributed by atoms with Gasteiger partial charge in [-0.1, -0.05) is 45.0 Å². The number of rotatable bonds is 1. The minimum absolute atomic E-state index is 0.217. The summed E-state index contributed by atoms with van der Waals surface area (Å²) in [6.07, 6.45) is 0. The minimum atomic E-state index is 0.217.